The van der Waals surface area contributed by atoms with Gasteiger partial charge in [-0.25, -0.2) is 4.79 Å². The fourth-order valence-electron chi connectivity index (χ4n) is 3.36. The second-order valence-electron chi connectivity index (χ2n) is 7.92. The normalized spacial score (nSPS) is 17.5. The van der Waals surface area contributed by atoms with Crippen LogP contribution in [-0.2, 0) is 19.9 Å². The minimum absolute atomic E-state index is 0.218. The van der Waals surface area contributed by atoms with Crippen molar-refractivity contribution < 1.29 is 24.1 Å². The van der Waals surface area contributed by atoms with Crippen molar-refractivity contribution in [2.24, 2.45) is 0 Å². The van der Waals surface area contributed by atoms with E-state index >= 15 is 0 Å². The van der Waals surface area contributed by atoms with Gasteiger partial charge in [0.2, 0.25) is 11.8 Å². The Morgan fingerprint density at radius 1 is 1.18 bits per heavy atom. The number of nitrogens with one attached hydrogen (secondary N) is 2. The number of likely N-dealkylation sites (N-methyl/N-ethyl adjacent to an activating group) is 1. The molecular weight excluding hydrogens is 430 g/mol. The number of hydrogen-bond acceptors (Lipinski definition) is 6. The number of benzene rings is 2. The number of imide groups is 1. The van der Waals surface area contributed by atoms with Crippen molar-refractivity contribution in [2.45, 2.75) is 19.4 Å². The number of non-ortho nitro benzene ring substituents is 1. The van der Waals surface area contributed by atoms with Gasteiger partial charge < -0.3 is 15.5 Å². The Labute approximate surface area is 189 Å². The van der Waals surface area contributed by atoms with Crippen molar-refractivity contribution in [2.75, 3.05) is 25.5 Å². The van der Waals surface area contributed by atoms with Crippen molar-refractivity contribution in [3.63, 3.8) is 0 Å². The number of nitro groups is 1. The highest BCUT2D eigenvalue weighted by Crippen LogP contribution is 2.30. The third-order valence-electron chi connectivity index (χ3n) is 5.34. The second-order valence-corrected chi connectivity index (χ2v) is 7.92. The lowest BCUT2D eigenvalue weighted by atomic mass is 9.91. The summed E-state index contributed by atoms with van der Waals surface area (Å²) in [5, 5.41) is 16.2. The molecule has 0 aromatic heterocycles. The maximum Gasteiger partial charge on any atom is 0.325 e. The van der Waals surface area contributed by atoms with Crippen LogP contribution < -0.4 is 10.6 Å². The maximum atomic E-state index is 13.0. The summed E-state index contributed by atoms with van der Waals surface area (Å²) in [7, 11) is 1.38. The van der Waals surface area contributed by atoms with Crippen molar-refractivity contribution >= 4 is 35.1 Å². The molecule has 3 rings (SSSR count). The van der Waals surface area contributed by atoms with E-state index in [1.807, 2.05) is 19.1 Å². The predicted octanol–water partition coefficient (Wildman–Crippen LogP) is 1.77. The van der Waals surface area contributed by atoms with E-state index in [0.717, 1.165) is 15.4 Å². The first-order valence-electron chi connectivity index (χ1n) is 10.0. The molecule has 1 atom stereocenters. The van der Waals surface area contributed by atoms with Gasteiger partial charge in [-0.2, -0.15) is 0 Å². The Morgan fingerprint density at radius 2 is 1.85 bits per heavy atom. The zero-order valence-corrected chi connectivity index (χ0v) is 18.3. The van der Waals surface area contributed by atoms with Gasteiger partial charge in [0.15, 0.2) is 0 Å². The highest BCUT2D eigenvalue weighted by molar-refractivity contribution is 6.09. The van der Waals surface area contributed by atoms with Gasteiger partial charge in [0.1, 0.15) is 12.1 Å². The van der Waals surface area contributed by atoms with E-state index in [1.54, 1.807) is 12.1 Å². The molecule has 1 heterocycles. The molecule has 172 valence electrons. The second kappa shape index (κ2) is 9.07. The van der Waals surface area contributed by atoms with Crippen LogP contribution in [-0.4, -0.2) is 58.6 Å². The molecule has 2 N–H and O–H groups in total. The molecule has 1 saturated heterocycles. The van der Waals surface area contributed by atoms with E-state index in [4.69, 9.17) is 0 Å². The predicted molar refractivity (Wildman–Crippen MR) is 118 cm³/mol. The highest BCUT2D eigenvalue weighted by atomic mass is 16.6. The van der Waals surface area contributed by atoms with Gasteiger partial charge in [-0.05, 0) is 31.5 Å². The smallest absolute Gasteiger partial charge is 0.325 e. The van der Waals surface area contributed by atoms with Crippen LogP contribution in [0.15, 0.2) is 48.5 Å². The lowest BCUT2D eigenvalue weighted by Crippen LogP contribution is -2.45. The summed E-state index contributed by atoms with van der Waals surface area (Å²) < 4.78 is 0. The van der Waals surface area contributed by atoms with E-state index in [2.05, 4.69) is 10.6 Å². The first-order valence-corrected chi connectivity index (χ1v) is 10.0. The van der Waals surface area contributed by atoms with Crippen LogP contribution in [0.2, 0.25) is 0 Å². The summed E-state index contributed by atoms with van der Waals surface area (Å²) in [4.78, 5) is 62.6. The average Bonchev–Trinajstić information content (AvgIpc) is 2.99. The highest BCUT2D eigenvalue weighted by Gasteiger charge is 2.50. The molecule has 0 saturated carbocycles. The molecule has 11 heteroatoms. The number of anilines is 1. The lowest BCUT2D eigenvalue weighted by molar-refractivity contribution is -0.385. The number of nitrogens with zero attached hydrogens (tertiary/aromatic N) is 3. The minimum atomic E-state index is -1.56. The van der Waals surface area contributed by atoms with Crippen molar-refractivity contribution in [3.05, 3.63) is 69.8 Å². The minimum Gasteiger partial charge on any atom is -0.335 e. The van der Waals surface area contributed by atoms with Gasteiger partial charge in [-0.3, -0.25) is 29.4 Å². The van der Waals surface area contributed by atoms with Crippen molar-refractivity contribution in [1.82, 2.24) is 15.1 Å². The van der Waals surface area contributed by atoms with Crippen molar-refractivity contribution in [3.8, 4) is 0 Å². The number of carbonyl (C=O) groups is 4. The van der Waals surface area contributed by atoms with Gasteiger partial charge in [0.05, 0.1) is 11.5 Å². The Kier molecular flexibility index (Phi) is 6.43. The van der Waals surface area contributed by atoms with Crippen LogP contribution in [0.1, 0.15) is 18.1 Å². The summed E-state index contributed by atoms with van der Waals surface area (Å²) in [6, 6.07) is 11.7. The lowest BCUT2D eigenvalue weighted by Gasteiger charge is -2.23. The summed E-state index contributed by atoms with van der Waals surface area (Å²) >= 11 is 0. The van der Waals surface area contributed by atoms with Gasteiger partial charge >= 0.3 is 6.03 Å². The van der Waals surface area contributed by atoms with Crippen LogP contribution in [0.4, 0.5) is 16.2 Å². The zero-order chi connectivity index (χ0) is 24.3. The van der Waals surface area contributed by atoms with Crippen molar-refractivity contribution in [1.29, 1.82) is 0 Å². The number of carbonyl (C=O) groups excluding carboxylic acids is 4. The summed E-state index contributed by atoms with van der Waals surface area (Å²) in [6.45, 7) is 2.47. The van der Waals surface area contributed by atoms with E-state index in [-0.39, 0.29) is 17.8 Å². The van der Waals surface area contributed by atoms with Gasteiger partial charge in [-0.1, -0.05) is 29.8 Å². The first kappa shape index (κ1) is 23.4. The van der Waals surface area contributed by atoms with E-state index in [1.165, 1.54) is 38.2 Å². The van der Waals surface area contributed by atoms with Crippen LogP contribution >= 0.6 is 0 Å². The monoisotopic (exact) mass is 453 g/mol. The molecule has 1 aliphatic rings. The quantitative estimate of drug-likeness (QED) is 0.372. The molecule has 1 aliphatic heterocycles. The number of amides is 5. The third kappa shape index (κ3) is 4.97. The fraction of sp³-hybridized carbons (Fsp3) is 0.273. The number of hydrogen-bond donors (Lipinski definition) is 2. The van der Waals surface area contributed by atoms with Crippen LogP contribution in [0.5, 0.6) is 0 Å². The molecule has 0 spiro atoms. The van der Waals surface area contributed by atoms with Crippen LogP contribution in [0.25, 0.3) is 0 Å². The van der Waals surface area contributed by atoms with Crippen LogP contribution in [0.3, 0.4) is 0 Å². The van der Waals surface area contributed by atoms with Crippen LogP contribution in [0, 0.1) is 17.0 Å². The zero-order valence-electron chi connectivity index (χ0n) is 18.3. The first-order chi connectivity index (χ1) is 15.5. The Balaban J connectivity index is 1.65. The average molecular weight is 453 g/mol. The molecule has 2 aromatic carbocycles. The topological polar surface area (TPSA) is 142 Å². The maximum absolute atomic E-state index is 13.0. The summed E-state index contributed by atoms with van der Waals surface area (Å²) in [5.41, 5.74) is 0.0322. The molecule has 0 aliphatic carbocycles. The summed E-state index contributed by atoms with van der Waals surface area (Å²) in [6.07, 6.45) is 0. The summed E-state index contributed by atoms with van der Waals surface area (Å²) in [5.74, 6) is -1.78. The van der Waals surface area contributed by atoms with Gasteiger partial charge in [0.25, 0.3) is 11.6 Å². The Hall–Kier alpha value is -4.28. The van der Waals surface area contributed by atoms with E-state index in [0.29, 0.717) is 5.69 Å². The molecular formula is C22H23N5O6. The molecule has 1 unspecified atom stereocenters. The Morgan fingerprint density at radius 3 is 2.48 bits per heavy atom. The molecule has 33 heavy (non-hydrogen) atoms. The third-order valence-corrected chi connectivity index (χ3v) is 5.34. The number of aryl methyl sites for hydroxylation is 1. The largest absolute Gasteiger partial charge is 0.335 e. The molecule has 2 aromatic rings. The Bertz CT molecular complexity index is 1130. The van der Waals surface area contributed by atoms with Gasteiger partial charge in [-0.15, -0.1) is 0 Å². The molecule has 0 radical (unpaired) electrons. The standard InChI is InChI=1S/C22H23N5O6/c1-14-7-9-16(10-8-14)23-18(28)12-25(3)19(29)13-26-20(30)22(2,24-21(26)31)15-5-4-6-17(11-15)27(32)33/h4-11H,12-13H2,1-3H3,(H,23,28)(H,24,31). The molecule has 5 amide bonds. The molecule has 11 nitrogen and oxygen atoms in total. The number of rotatable bonds is 7. The molecule has 1 fully saturated rings. The fourth-order valence-corrected chi connectivity index (χ4v) is 3.36. The van der Waals surface area contributed by atoms with E-state index in [9.17, 15) is 29.3 Å². The SMILES string of the molecule is Cc1ccc(NC(=O)CN(C)C(=O)CN2C(=O)NC(C)(c3cccc([N+](=O)[O-])c3)C2=O)cc1. The molecule has 0 bridgehead atoms. The number of urea groups is 1. The van der Waals surface area contributed by atoms with Gasteiger partial charge in [0, 0.05) is 24.9 Å². The van der Waals surface area contributed by atoms with E-state index < -0.39 is 40.8 Å². The number of nitro benzene ring substituents is 1.